The quantitative estimate of drug-likeness (QED) is 0.874. The molecule has 2 heterocycles. The summed E-state index contributed by atoms with van der Waals surface area (Å²) in [6.07, 6.45) is 1.65. The zero-order chi connectivity index (χ0) is 14.8. The first-order valence-corrected chi connectivity index (χ1v) is 7.61. The number of piperazine rings is 1. The third kappa shape index (κ3) is 3.08. The smallest absolute Gasteiger partial charge is 0.140 e. The number of nitrogens with two attached hydrogens (primary N) is 1. The van der Waals surface area contributed by atoms with Gasteiger partial charge in [0.15, 0.2) is 0 Å². The SMILES string of the molecule is CC(C)CN1CCN(c2ncnc3ccc(N)cc23)CC1. The minimum absolute atomic E-state index is 0.719. The standard InChI is InChI=1S/C16H23N5/c1-12(2)10-20-5-7-21(8-6-20)16-14-9-13(17)3-4-15(14)18-11-19-16/h3-4,9,11-12H,5-8,10,17H2,1-2H3. The Labute approximate surface area is 125 Å². The van der Waals surface area contributed by atoms with Gasteiger partial charge in [0.05, 0.1) is 5.52 Å². The lowest BCUT2D eigenvalue weighted by Gasteiger charge is -2.36. The molecule has 1 aromatic heterocycles. The minimum Gasteiger partial charge on any atom is -0.399 e. The fourth-order valence-corrected chi connectivity index (χ4v) is 2.97. The summed E-state index contributed by atoms with van der Waals surface area (Å²) in [5.74, 6) is 1.73. The van der Waals surface area contributed by atoms with Gasteiger partial charge in [0.25, 0.3) is 0 Å². The van der Waals surface area contributed by atoms with Crippen LogP contribution in [-0.4, -0.2) is 47.6 Å². The van der Waals surface area contributed by atoms with E-state index >= 15 is 0 Å². The second-order valence-electron chi connectivity index (χ2n) is 6.16. The zero-order valence-corrected chi connectivity index (χ0v) is 12.8. The molecule has 0 unspecified atom stereocenters. The Morgan fingerprint density at radius 2 is 1.90 bits per heavy atom. The van der Waals surface area contributed by atoms with Crippen molar-refractivity contribution >= 4 is 22.4 Å². The topological polar surface area (TPSA) is 58.3 Å². The van der Waals surface area contributed by atoms with Crippen LogP contribution >= 0.6 is 0 Å². The molecule has 3 rings (SSSR count). The van der Waals surface area contributed by atoms with Gasteiger partial charge in [-0.05, 0) is 24.1 Å². The summed E-state index contributed by atoms with van der Waals surface area (Å²) in [7, 11) is 0. The van der Waals surface area contributed by atoms with Gasteiger partial charge in [0.1, 0.15) is 12.1 Å². The highest BCUT2D eigenvalue weighted by atomic mass is 15.3. The van der Waals surface area contributed by atoms with Crippen molar-refractivity contribution in [3.8, 4) is 0 Å². The van der Waals surface area contributed by atoms with Gasteiger partial charge >= 0.3 is 0 Å². The van der Waals surface area contributed by atoms with E-state index in [0.29, 0.717) is 0 Å². The molecule has 5 heteroatoms. The van der Waals surface area contributed by atoms with Gasteiger partial charge < -0.3 is 10.6 Å². The van der Waals surface area contributed by atoms with E-state index in [-0.39, 0.29) is 0 Å². The van der Waals surface area contributed by atoms with Crippen LogP contribution in [0.1, 0.15) is 13.8 Å². The number of hydrogen-bond acceptors (Lipinski definition) is 5. The average Bonchev–Trinajstić information content (AvgIpc) is 2.47. The van der Waals surface area contributed by atoms with E-state index < -0.39 is 0 Å². The van der Waals surface area contributed by atoms with Crippen LogP contribution < -0.4 is 10.6 Å². The molecule has 1 saturated heterocycles. The van der Waals surface area contributed by atoms with Crippen LogP contribution in [0.3, 0.4) is 0 Å². The Morgan fingerprint density at radius 3 is 2.62 bits per heavy atom. The largest absolute Gasteiger partial charge is 0.399 e. The number of anilines is 2. The minimum atomic E-state index is 0.719. The van der Waals surface area contributed by atoms with Crippen molar-refractivity contribution in [2.24, 2.45) is 5.92 Å². The zero-order valence-electron chi connectivity index (χ0n) is 12.8. The molecule has 21 heavy (non-hydrogen) atoms. The second kappa shape index (κ2) is 5.85. The predicted octanol–water partition coefficient (Wildman–Crippen LogP) is 1.99. The summed E-state index contributed by atoms with van der Waals surface area (Å²) in [5, 5.41) is 1.05. The average molecular weight is 285 g/mol. The summed E-state index contributed by atoms with van der Waals surface area (Å²) >= 11 is 0. The van der Waals surface area contributed by atoms with E-state index in [1.54, 1.807) is 6.33 Å². The molecule has 1 aromatic carbocycles. The van der Waals surface area contributed by atoms with Crippen LogP contribution in [0.15, 0.2) is 24.5 Å². The van der Waals surface area contributed by atoms with E-state index in [1.165, 1.54) is 6.54 Å². The third-order valence-electron chi connectivity index (χ3n) is 3.93. The molecule has 0 radical (unpaired) electrons. The van der Waals surface area contributed by atoms with Gasteiger partial charge in [-0.15, -0.1) is 0 Å². The van der Waals surface area contributed by atoms with Crippen LogP contribution in [0.2, 0.25) is 0 Å². The van der Waals surface area contributed by atoms with Crippen LogP contribution in [-0.2, 0) is 0 Å². The molecule has 0 saturated carbocycles. The van der Waals surface area contributed by atoms with Crippen molar-refractivity contribution in [2.75, 3.05) is 43.4 Å². The summed E-state index contributed by atoms with van der Waals surface area (Å²) in [6, 6.07) is 5.83. The first-order chi connectivity index (χ1) is 10.1. The van der Waals surface area contributed by atoms with Crippen molar-refractivity contribution in [3.63, 3.8) is 0 Å². The molecule has 0 bridgehead atoms. The van der Waals surface area contributed by atoms with Crippen molar-refractivity contribution < 1.29 is 0 Å². The Morgan fingerprint density at radius 1 is 1.14 bits per heavy atom. The van der Waals surface area contributed by atoms with E-state index in [0.717, 1.165) is 54.5 Å². The number of nitrogen functional groups attached to an aromatic ring is 1. The Kier molecular flexibility index (Phi) is 3.92. The number of rotatable bonds is 3. The predicted molar refractivity (Wildman–Crippen MR) is 87.4 cm³/mol. The first-order valence-electron chi connectivity index (χ1n) is 7.61. The molecule has 112 valence electrons. The van der Waals surface area contributed by atoms with Crippen molar-refractivity contribution in [1.29, 1.82) is 0 Å². The number of nitrogens with zero attached hydrogens (tertiary/aromatic N) is 4. The molecule has 1 aliphatic heterocycles. The first kappa shape index (κ1) is 14.1. The van der Waals surface area contributed by atoms with E-state index in [2.05, 4.69) is 33.6 Å². The maximum absolute atomic E-state index is 5.92. The molecule has 2 N–H and O–H groups in total. The van der Waals surface area contributed by atoms with Crippen molar-refractivity contribution in [3.05, 3.63) is 24.5 Å². The van der Waals surface area contributed by atoms with E-state index in [1.807, 2.05) is 18.2 Å². The van der Waals surface area contributed by atoms with Gasteiger partial charge in [-0.25, -0.2) is 9.97 Å². The lowest BCUT2D eigenvalue weighted by molar-refractivity contribution is 0.231. The molecule has 1 fully saturated rings. The molecular formula is C16H23N5. The van der Waals surface area contributed by atoms with Crippen molar-refractivity contribution in [1.82, 2.24) is 14.9 Å². The number of benzene rings is 1. The van der Waals surface area contributed by atoms with Gasteiger partial charge in [-0.2, -0.15) is 0 Å². The summed E-state index contributed by atoms with van der Waals surface area (Å²) in [5.41, 5.74) is 7.64. The highest BCUT2D eigenvalue weighted by molar-refractivity contribution is 5.91. The number of aromatic nitrogens is 2. The van der Waals surface area contributed by atoms with Gasteiger partial charge in [0, 0.05) is 43.8 Å². The van der Waals surface area contributed by atoms with Crippen LogP contribution in [0.5, 0.6) is 0 Å². The summed E-state index contributed by atoms with van der Waals surface area (Å²) < 4.78 is 0. The maximum atomic E-state index is 5.92. The molecular weight excluding hydrogens is 262 g/mol. The monoisotopic (exact) mass is 285 g/mol. The maximum Gasteiger partial charge on any atom is 0.140 e. The molecule has 0 amide bonds. The van der Waals surface area contributed by atoms with Gasteiger partial charge in [-0.3, -0.25) is 4.90 Å². The fourth-order valence-electron chi connectivity index (χ4n) is 2.97. The Bertz CT molecular complexity index is 617. The molecule has 2 aromatic rings. The second-order valence-corrected chi connectivity index (χ2v) is 6.16. The van der Waals surface area contributed by atoms with E-state index in [4.69, 9.17) is 5.73 Å². The third-order valence-corrected chi connectivity index (χ3v) is 3.93. The number of fused-ring (bicyclic) bond motifs is 1. The van der Waals surface area contributed by atoms with E-state index in [9.17, 15) is 0 Å². The molecule has 1 aliphatic rings. The lowest BCUT2D eigenvalue weighted by Crippen LogP contribution is -2.47. The summed E-state index contributed by atoms with van der Waals surface area (Å²) in [6.45, 7) is 9.91. The van der Waals surface area contributed by atoms with Crippen LogP contribution in [0.4, 0.5) is 11.5 Å². The fraction of sp³-hybridized carbons (Fsp3) is 0.500. The van der Waals surface area contributed by atoms with Crippen molar-refractivity contribution in [2.45, 2.75) is 13.8 Å². The van der Waals surface area contributed by atoms with Crippen LogP contribution in [0, 0.1) is 5.92 Å². The Balaban J connectivity index is 1.81. The highest BCUT2D eigenvalue weighted by Crippen LogP contribution is 2.25. The Hall–Kier alpha value is -1.88. The summed E-state index contributed by atoms with van der Waals surface area (Å²) in [4.78, 5) is 13.7. The molecule has 5 nitrogen and oxygen atoms in total. The number of hydrogen-bond donors (Lipinski definition) is 1. The molecule has 0 spiro atoms. The normalized spacial score (nSPS) is 16.8. The molecule has 0 aliphatic carbocycles. The highest BCUT2D eigenvalue weighted by Gasteiger charge is 2.20. The van der Waals surface area contributed by atoms with Gasteiger partial charge in [0.2, 0.25) is 0 Å². The lowest BCUT2D eigenvalue weighted by atomic mass is 10.1. The van der Waals surface area contributed by atoms with Crippen LogP contribution in [0.25, 0.3) is 10.9 Å². The van der Waals surface area contributed by atoms with Gasteiger partial charge in [-0.1, -0.05) is 13.8 Å². The molecule has 0 atom stereocenters.